The van der Waals surface area contributed by atoms with Crippen molar-refractivity contribution in [3.8, 4) is 11.5 Å². The molecule has 1 heterocycles. The Kier molecular flexibility index (Phi) is 15.3. The van der Waals surface area contributed by atoms with Gasteiger partial charge in [0, 0.05) is 71.0 Å². The Morgan fingerprint density at radius 1 is 1.00 bits per heavy atom. The Hall–Kier alpha value is 0.448. The molecule has 0 spiro atoms. The molecule has 2 aromatic rings. The minimum Gasteiger partial charge on any atom is -0.670 e. The zero-order chi connectivity index (χ0) is 9.10. The van der Waals surface area contributed by atoms with Gasteiger partial charge in [0.15, 0.2) is 5.89 Å². The molecular formula is C9H12N3O3Y2-. The van der Waals surface area contributed by atoms with E-state index >= 15 is 0 Å². The van der Waals surface area contributed by atoms with Crippen molar-refractivity contribution in [3.05, 3.63) is 42.0 Å². The van der Waals surface area contributed by atoms with Crippen molar-refractivity contribution in [2.24, 2.45) is 0 Å². The summed E-state index contributed by atoms with van der Waals surface area (Å²) in [6.45, 7) is 0.0276. The molecule has 0 bridgehead atoms. The second kappa shape index (κ2) is 11.5. The molecule has 0 fully saturated rings. The molecule has 88 valence electrons. The van der Waals surface area contributed by atoms with Crippen molar-refractivity contribution in [1.82, 2.24) is 10.2 Å². The number of hydrogen-bond acceptors (Lipinski definition) is 3. The smallest absolute Gasteiger partial charge is 0.247 e. The molecule has 6 nitrogen and oxygen atoms in total. The number of hydrogen-bond donors (Lipinski definition) is 0. The van der Waals surface area contributed by atoms with Crippen LogP contribution in [0.2, 0.25) is 0 Å². The maximum Gasteiger partial charge on any atom is 0.247 e. The van der Waals surface area contributed by atoms with Crippen LogP contribution in [-0.4, -0.2) is 21.1 Å². The van der Waals surface area contributed by atoms with E-state index in [0.29, 0.717) is 11.8 Å². The fourth-order valence-corrected chi connectivity index (χ4v) is 1.02. The Bertz CT molecular complexity index is 397. The molecule has 2 rings (SSSR count). The van der Waals surface area contributed by atoms with Crippen LogP contribution in [0.3, 0.4) is 0 Å². The van der Waals surface area contributed by atoms with Gasteiger partial charge < -0.3 is 21.1 Å². The van der Waals surface area contributed by atoms with Gasteiger partial charge in [-0.2, -0.15) is 0 Å². The minimum absolute atomic E-state index is 0. The first kappa shape index (κ1) is 22.6. The first-order valence-electron chi connectivity index (χ1n) is 3.92. The van der Waals surface area contributed by atoms with E-state index in [9.17, 15) is 0 Å². The van der Waals surface area contributed by atoms with E-state index in [4.69, 9.17) is 10.2 Å². The van der Waals surface area contributed by atoms with Crippen molar-refractivity contribution in [2.45, 2.75) is 6.54 Å². The summed E-state index contributed by atoms with van der Waals surface area (Å²) < 4.78 is 5.21. The molecular weight excluding hydrogens is 376 g/mol. The summed E-state index contributed by atoms with van der Waals surface area (Å²) in [6, 6.07) is 9.51. The molecule has 2 radical (unpaired) electrons. The third-order valence-corrected chi connectivity index (χ3v) is 1.64. The monoisotopic (exact) mass is 388 g/mol. The van der Waals surface area contributed by atoms with Crippen molar-refractivity contribution in [3.63, 3.8) is 0 Å². The van der Waals surface area contributed by atoms with Crippen molar-refractivity contribution < 1.29 is 80.8 Å². The van der Waals surface area contributed by atoms with Crippen LogP contribution >= 0.6 is 0 Å². The Balaban J connectivity index is -0.000000490. The first-order chi connectivity index (χ1) is 6.40. The van der Waals surface area contributed by atoms with Gasteiger partial charge in [-0.3, -0.25) is 0 Å². The number of benzene rings is 1. The van der Waals surface area contributed by atoms with Crippen LogP contribution < -0.4 is 0 Å². The molecule has 0 aliphatic carbocycles. The molecule has 5 N–H and O–H groups in total. The topological polar surface area (TPSA) is 126 Å². The van der Waals surface area contributed by atoms with E-state index in [2.05, 4.69) is 10.2 Å². The molecule has 0 atom stereocenters. The third-order valence-electron chi connectivity index (χ3n) is 1.64. The summed E-state index contributed by atoms with van der Waals surface area (Å²) in [5, 5.41) is 7.53. The van der Waals surface area contributed by atoms with Gasteiger partial charge in [0.25, 0.3) is 0 Å². The first-order valence-corrected chi connectivity index (χ1v) is 3.92. The predicted molar refractivity (Wildman–Crippen MR) is 55.0 cm³/mol. The number of rotatable bonds is 2. The standard InChI is InChI=1S/C9H8N3O.2H2O.2Y/c10-6-8-11-12-9(13-8)7-4-2-1-3-5-7;;;;/h1-5,10H,6H2;2*1H2;;/q-1;;;;. The van der Waals surface area contributed by atoms with Gasteiger partial charge >= 0.3 is 0 Å². The fraction of sp³-hybridized carbons (Fsp3) is 0.111. The van der Waals surface area contributed by atoms with Crippen LogP contribution in [0.4, 0.5) is 0 Å². The summed E-state index contributed by atoms with van der Waals surface area (Å²) >= 11 is 0. The minimum atomic E-state index is 0. The van der Waals surface area contributed by atoms with Gasteiger partial charge in [-0.05, 0) is 12.1 Å². The average Bonchev–Trinajstić information content (AvgIpc) is 2.67. The second-order valence-electron chi connectivity index (χ2n) is 2.54. The van der Waals surface area contributed by atoms with Gasteiger partial charge in [-0.15, -0.1) is 10.2 Å². The van der Waals surface area contributed by atoms with Crippen LogP contribution in [-0.2, 0) is 72.0 Å². The summed E-state index contributed by atoms with van der Waals surface area (Å²) in [6.07, 6.45) is 0. The molecule has 0 aliphatic heterocycles. The van der Waals surface area contributed by atoms with E-state index in [-0.39, 0.29) is 82.9 Å². The third kappa shape index (κ3) is 6.24. The molecule has 1 aromatic carbocycles. The zero-order valence-electron chi connectivity index (χ0n) is 9.05. The van der Waals surface area contributed by atoms with Gasteiger partial charge in [0.1, 0.15) is 0 Å². The molecule has 0 unspecified atom stereocenters. The summed E-state index contributed by atoms with van der Waals surface area (Å²) in [5.41, 5.74) is 7.91. The summed E-state index contributed by atoms with van der Waals surface area (Å²) in [7, 11) is 0. The zero-order valence-corrected chi connectivity index (χ0v) is 14.7. The molecule has 0 saturated carbocycles. The largest absolute Gasteiger partial charge is 0.670 e. The van der Waals surface area contributed by atoms with E-state index in [1.54, 1.807) is 0 Å². The number of aromatic nitrogens is 2. The molecule has 0 saturated heterocycles. The molecule has 17 heavy (non-hydrogen) atoms. The van der Waals surface area contributed by atoms with Crippen LogP contribution in [0.5, 0.6) is 0 Å². The number of nitrogens with zero attached hydrogens (tertiary/aromatic N) is 2. The van der Waals surface area contributed by atoms with Gasteiger partial charge in [-0.1, -0.05) is 24.7 Å². The van der Waals surface area contributed by atoms with Gasteiger partial charge in [-0.25, -0.2) is 0 Å². The van der Waals surface area contributed by atoms with E-state index in [0.717, 1.165) is 5.56 Å². The normalized spacial score (nSPS) is 7.82. The van der Waals surface area contributed by atoms with Gasteiger partial charge in [0.05, 0.1) is 0 Å². The van der Waals surface area contributed by atoms with Crippen molar-refractivity contribution in [1.29, 1.82) is 0 Å². The maximum absolute atomic E-state index is 7.02. The Morgan fingerprint density at radius 3 is 2.06 bits per heavy atom. The SMILES string of the molecule is O.O.[NH-]Cc1nnc(-c2ccccc2)o1.[Y].[Y]. The Morgan fingerprint density at radius 2 is 1.59 bits per heavy atom. The van der Waals surface area contributed by atoms with E-state index < -0.39 is 0 Å². The Labute approximate surface area is 149 Å². The maximum atomic E-state index is 7.02. The van der Waals surface area contributed by atoms with Crippen molar-refractivity contribution in [2.75, 3.05) is 0 Å². The molecule has 0 amide bonds. The van der Waals surface area contributed by atoms with Crippen molar-refractivity contribution >= 4 is 0 Å². The van der Waals surface area contributed by atoms with Gasteiger partial charge in [0.2, 0.25) is 5.89 Å². The molecule has 0 aliphatic rings. The summed E-state index contributed by atoms with van der Waals surface area (Å²) in [5.74, 6) is 0.821. The fourth-order valence-electron chi connectivity index (χ4n) is 1.02. The van der Waals surface area contributed by atoms with Crippen LogP contribution in [0, 0.1) is 0 Å². The van der Waals surface area contributed by atoms with Crippen LogP contribution in [0.1, 0.15) is 5.89 Å². The van der Waals surface area contributed by atoms with Crippen LogP contribution in [0.25, 0.3) is 17.2 Å². The number of nitrogens with one attached hydrogen (secondary N) is 1. The quantitative estimate of drug-likeness (QED) is 0.749. The average molecular weight is 388 g/mol. The second-order valence-corrected chi connectivity index (χ2v) is 2.54. The van der Waals surface area contributed by atoms with Crippen LogP contribution in [0.15, 0.2) is 34.7 Å². The summed E-state index contributed by atoms with van der Waals surface area (Å²) in [4.78, 5) is 0. The van der Waals surface area contributed by atoms with E-state index in [1.165, 1.54) is 0 Å². The van der Waals surface area contributed by atoms with E-state index in [1.807, 2.05) is 30.3 Å². The molecule has 1 aromatic heterocycles. The predicted octanol–water partition coefficient (Wildman–Crippen LogP) is 0.634. The molecule has 8 heteroatoms.